The third-order valence-electron chi connectivity index (χ3n) is 11.8. The summed E-state index contributed by atoms with van der Waals surface area (Å²) in [7, 11) is 0. The van der Waals surface area contributed by atoms with Gasteiger partial charge in [-0.1, -0.05) is 162 Å². The molecule has 1 aliphatic carbocycles. The number of carbonyl (C=O) groups is 2. The van der Waals surface area contributed by atoms with E-state index in [1.807, 2.05) is 72.8 Å². The Kier molecular flexibility index (Phi) is 8.45. The minimum atomic E-state index is -0.319. The van der Waals surface area contributed by atoms with Gasteiger partial charge in [-0.3, -0.25) is 9.59 Å². The number of aryl methyl sites for hydroxylation is 4. The van der Waals surface area contributed by atoms with Gasteiger partial charge in [-0.25, -0.2) is 4.90 Å². The Bertz CT molecular complexity index is 2850. The smallest absolute Gasteiger partial charge is 0.268 e. The molecular formula is C54H42N2O2. The highest BCUT2D eigenvalue weighted by atomic mass is 16.2. The van der Waals surface area contributed by atoms with E-state index < -0.39 is 0 Å². The predicted molar refractivity (Wildman–Crippen MR) is 238 cm³/mol. The number of amides is 2. The first kappa shape index (κ1) is 35.4. The van der Waals surface area contributed by atoms with Crippen molar-refractivity contribution in [3.8, 4) is 33.4 Å². The molecule has 4 heteroatoms. The Hall–Kier alpha value is -7.04. The van der Waals surface area contributed by atoms with Gasteiger partial charge >= 0.3 is 0 Å². The van der Waals surface area contributed by atoms with Crippen molar-refractivity contribution in [2.75, 3.05) is 9.80 Å². The molecule has 2 amide bonds. The molecule has 2 aliphatic heterocycles. The third-order valence-corrected chi connectivity index (χ3v) is 11.8. The van der Waals surface area contributed by atoms with Crippen molar-refractivity contribution in [3.05, 3.63) is 214 Å². The number of carbonyl (C=O) groups excluding carboxylic acids is 2. The van der Waals surface area contributed by atoms with Gasteiger partial charge in [-0.15, -0.1) is 0 Å². The van der Waals surface area contributed by atoms with Crippen LogP contribution in [0.3, 0.4) is 0 Å². The maximum absolute atomic E-state index is 15.2. The van der Waals surface area contributed by atoms with Crippen molar-refractivity contribution >= 4 is 34.4 Å². The van der Waals surface area contributed by atoms with Crippen LogP contribution in [-0.4, -0.2) is 17.9 Å². The number of fused-ring (bicyclic) bond motifs is 4. The summed E-state index contributed by atoms with van der Waals surface area (Å²) in [6.45, 7) is 8.54. The quantitative estimate of drug-likeness (QED) is 0.159. The molecule has 0 aromatic heterocycles. The highest BCUT2D eigenvalue weighted by molar-refractivity contribution is 6.37. The van der Waals surface area contributed by atoms with Crippen LogP contribution in [0.15, 0.2) is 170 Å². The monoisotopic (exact) mass is 750 g/mol. The van der Waals surface area contributed by atoms with Gasteiger partial charge in [-0.05, 0) is 103 Å². The summed E-state index contributed by atoms with van der Waals surface area (Å²) in [6, 6.07) is 51.9. The molecule has 0 radical (unpaired) electrons. The molecule has 7 aromatic carbocycles. The zero-order valence-electron chi connectivity index (χ0n) is 33.0. The molecule has 3 aliphatic rings. The van der Waals surface area contributed by atoms with Crippen molar-refractivity contribution in [2.45, 2.75) is 39.7 Å². The Morgan fingerprint density at radius 2 is 1.07 bits per heavy atom. The van der Waals surface area contributed by atoms with Gasteiger partial charge in [0.05, 0.1) is 28.5 Å². The zero-order chi connectivity index (χ0) is 39.7. The fraction of sp³-hybridized carbons (Fsp3) is 0.111. The van der Waals surface area contributed by atoms with Crippen molar-refractivity contribution in [1.82, 2.24) is 0 Å². The van der Waals surface area contributed by atoms with Crippen molar-refractivity contribution in [3.63, 3.8) is 0 Å². The van der Waals surface area contributed by atoms with Crippen molar-refractivity contribution < 1.29 is 9.59 Å². The highest BCUT2D eigenvalue weighted by Crippen LogP contribution is 2.52. The number of nitrogens with zero attached hydrogens (tertiary/aromatic N) is 2. The molecule has 0 saturated carbocycles. The van der Waals surface area contributed by atoms with E-state index in [-0.39, 0.29) is 23.8 Å². The van der Waals surface area contributed by atoms with Crippen LogP contribution < -0.4 is 9.80 Å². The van der Waals surface area contributed by atoms with Crippen LogP contribution in [0.2, 0.25) is 0 Å². The second-order valence-corrected chi connectivity index (χ2v) is 16.0. The van der Waals surface area contributed by atoms with Gasteiger partial charge in [0.2, 0.25) is 0 Å². The summed E-state index contributed by atoms with van der Waals surface area (Å²) in [4.78, 5) is 33.6. The van der Waals surface area contributed by atoms with E-state index in [9.17, 15) is 4.79 Å². The number of allylic oxidation sites excluding steroid dienone is 2. The topological polar surface area (TPSA) is 40.6 Å². The lowest BCUT2D eigenvalue weighted by Gasteiger charge is -2.31. The lowest BCUT2D eigenvalue weighted by Crippen LogP contribution is -2.32. The van der Waals surface area contributed by atoms with Gasteiger partial charge in [0, 0.05) is 17.2 Å². The van der Waals surface area contributed by atoms with Crippen LogP contribution in [0.5, 0.6) is 0 Å². The molecule has 280 valence electrons. The van der Waals surface area contributed by atoms with E-state index in [2.05, 4.69) is 124 Å². The Balaban J connectivity index is 1.14. The molecule has 0 fully saturated rings. The second-order valence-electron chi connectivity index (χ2n) is 16.0. The average molecular weight is 751 g/mol. The molecule has 2 unspecified atom stereocenters. The van der Waals surface area contributed by atoms with Gasteiger partial charge in [0.25, 0.3) is 11.8 Å². The molecule has 0 N–H and O–H groups in total. The molecule has 0 saturated heterocycles. The van der Waals surface area contributed by atoms with Gasteiger partial charge in [0.1, 0.15) is 0 Å². The van der Waals surface area contributed by atoms with Gasteiger partial charge in [0.15, 0.2) is 0 Å². The molecule has 0 bridgehead atoms. The van der Waals surface area contributed by atoms with Crippen LogP contribution in [0.4, 0.5) is 17.1 Å². The Morgan fingerprint density at radius 3 is 1.76 bits per heavy atom. The van der Waals surface area contributed by atoms with Crippen LogP contribution in [-0.2, 0) is 0 Å². The first-order chi connectivity index (χ1) is 28.2. The highest BCUT2D eigenvalue weighted by Gasteiger charge is 2.45. The molecular weight excluding hydrogens is 709 g/mol. The number of hydrogen-bond acceptors (Lipinski definition) is 3. The Labute approximate surface area is 340 Å². The van der Waals surface area contributed by atoms with Gasteiger partial charge in [-0.2, -0.15) is 0 Å². The summed E-state index contributed by atoms with van der Waals surface area (Å²) in [5.41, 5.74) is 17.6. The van der Waals surface area contributed by atoms with E-state index in [1.165, 1.54) is 38.3 Å². The molecule has 10 rings (SSSR count). The SMILES string of the molecule is Cc1cc(C)cc(C2=CC3C(C=C2)c2ccc(-c4cc(C)cc(C)c4)cc2N3c2cccc3c2C(=O)N(c2ccc(-c4ccccc4)cc2-c2ccccc2)C3=O)c1. The maximum atomic E-state index is 15.2. The van der Waals surface area contributed by atoms with E-state index >= 15 is 4.79 Å². The number of benzene rings is 7. The van der Waals surface area contributed by atoms with E-state index in [4.69, 9.17) is 0 Å². The molecule has 58 heavy (non-hydrogen) atoms. The molecule has 2 atom stereocenters. The maximum Gasteiger partial charge on any atom is 0.268 e. The third kappa shape index (κ3) is 5.92. The van der Waals surface area contributed by atoms with E-state index in [1.54, 1.807) is 6.07 Å². The molecule has 2 heterocycles. The summed E-state index contributed by atoms with van der Waals surface area (Å²) in [5.74, 6) is -0.589. The largest absolute Gasteiger partial charge is 0.333 e. The van der Waals surface area contributed by atoms with E-state index in [0.717, 1.165) is 50.3 Å². The number of hydrogen-bond donors (Lipinski definition) is 0. The molecule has 4 nitrogen and oxygen atoms in total. The number of imide groups is 1. The lowest BCUT2D eigenvalue weighted by molar-refractivity contribution is 0.0926. The summed E-state index contributed by atoms with van der Waals surface area (Å²) >= 11 is 0. The fourth-order valence-corrected chi connectivity index (χ4v) is 9.40. The van der Waals surface area contributed by atoms with Gasteiger partial charge < -0.3 is 4.90 Å². The lowest BCUT2D eigenvalue weighted by atomic mass is 9.86. The first-order valence-electron chi connectivity index (χ1n) is 20.0. The summed E-state index contributed by atoms with van der Waals surface area (Å²) in [5, 5.41) is 0. The van der Waals surface area contributed by atoms with Crippen molar-refractivity contribution in [2.24, 2.45) is 0 Å². The fourth-order valence-electron chi connectivity index (χ4n) is 9.40. The minimum Gasteiger partial charge on any atom is -0.333 e. The van der Waals surface area contributed by atoms with Crippen LogP contribution in [0.25, 0.3) is 39.0 Å². The number of rotatable bonds is 6. The van der Waals surface area contributed by atoms with Crippen LogP contribution in [0, 0.1) is 27.7 Å². The summed E-state index contributed by atoms with van der Waals surface area (Å²) in [6.07, 6.45) is 6.91. The zero-order valence-corrected chi connectivity index (χ0v) is 33.0. The second kappa shape index (κ2) is 13.9. The normalized spacial score (nSPS) is 16.7. The predicted octanol–water partition coefficient (Wildman–Crippen LogP) is 13.0. The molecule has 7 aromatic rings. The average Bonchev–Trinajstić information content (AvgIpc) is 3.69. The first-order valence-corrected chi connectivity index (χ1v) is 20.0. The van der Waals surface area contributed by atoms with Crippen molar-refractivity contribution in [1.29, 1.82) is 0 Å². The standard InChI is InChI=1S/C54H42N2O2/c1-33-24-34(2)27-42(26-33)40-18-21-44-45-22-19-41(43-28-35(3)25-36(4)29-43)32-51(45)55(50(44)31-40)49-17-11-16-46-52(49)54(58)56(53(46)57)48-23-20-39(37-12-7-5-8-13-37)30-47(48)38-14-9-6-10-15-38/h5-32,44,50H,1-4H3. The van der Waals surface area contributed by atoms with Crippen LogP contribution >= 0.6 is 0 Å². The van der Waals surface area contributed by atoms with E-state index in [0.29, 0.717) is 16.8 Å². The summed E-state index contributed by atoms with van der Waals surface area (Å²) < 4.78 is 0. The minimum absolute atomic E-state index is 0.0485. The number of anilines is 3. The van der Waals surface area contributed by atoms with Crippen LogP contribution in [0.1, 0.15) is 60.0 Å². The molecule has 0 spiro atoms. The Morgan fingerprint density at radius 1 is 0.448 bits per heavy atom.